The van der Waals surface area contributed by atoms with Crippen molar-refractivity contribution in [3.8, 4) is 0 Å². The monoisotopic (exact) mass is 192 g/mol. The Labute approximate surface area is 84.6 Å². The molecule has 1 amide bonds. The van der Waals surface area contributed by atoms with Crippen LogP contribution in [0.3, 0.4) is 0 Å². The molecule has 0 bridgehead atoms. The van der Waals surface area contributed by atoms with Crippen molar-refractivity contribution in [2.24, 2.45) is 0 Å². The van der Waals surface area contributed by atoms with E-state index in [-0.39, 0.29) is 5.91 Å². The lowest BCUT2D eigenvalue weighted by Crippen LogP contribution is -2.24. The minimum absolute atomic E-state index is 0.0102. The Morgan fingerprint density at radius 2 is 2.36 bits per heavy atom. The lowest BCUT2D eigenvalue weighted by atomic mass is 10.2. The molecule has 0 spiro atoms. The van der Waals surface area contributed by atoms with Gasteiger partial charge in [0.1, 0.15) is 0 Å². The smallest absolute Gasteiger partial charge is 0.251 e. The molecule has 1 heterocycles. The highest BCUT2D eigenvalue weighted by Crippen LogP contribution is 2.00. The fourth-order valence-electron chi connectivity index (χ4n) is 1.17. The van der Waals surface area contributed by atoms with Crippen LogP contribution in [0, 0.1) is 6.92 Å². The van der Waals surface area contributed by atoms with E-state index < -0.39 is 0 Å². The van der Waals surface area contributed by atoms with E-state index in [4.69, 9.17) is 0 Å². The molecule has 1 rings (SSSR count). The maximum Gasteiger partial charge on any atom is 0.251 e. The quantitative estimate of drug-likeness (QED) is 0.740. The molecule has 0 aromatic carbocycles. The van der Waals surface area contributed by atoms with Crippen LogP contribution in [0.25, 0.3) is 0 Å². The average molecular weight is 192 g/mol. The van der Waals surface area contributed by atoms with Crippen LogP contribution in [0.15, 0.2) is 18.3 Å². The van der Waals surface area contributed by atoms with Crippen LogP contribution in [0.2, 0.25) is 0 Å². The van der Waals surface area contributed by atoms with E-state index in [1.165, 1.54) is 0 Å². The molecule has 0 unspecified atom stereocenters. The van der Waals surface area contributed by atoms with Gasteiger partial charge in [0.25, 0.3) is 5.91 Å². The molecule has 0 aliphatic rings. The molecule has 3 heteroatoms. The Hall–Kier alpha value is -1.38. The number of carbonyl (C=O) groups excluding carboxylic acids is 1. The van der Waals surface area contributed by atoms with Gasteiger partial charge in [-0.05, 0) is 25.5 Å². The number of rotatable bonds is 4. The molecule has 0 saturated heterocycles. The summed E-state index contributed by atoms with van der Waals surface area (Å²) in [5, 5.41) is 2.86. The molecular weight excluding hydrogens is 176 g/mol. The summed E-state index contributed by atoms with van der Waals surface area (Å²) in [5.74, 6) is -0.0102. The van der Waals surface area contributed by atoms with Gasteiger partial charge in [-0.1, -0.05) is 13.3 Å². The largest absolute Gasteiger partial charge is 0.352 e. The summed E-state index contributed by atoms with van der Waals surface area (Å²) in [5.41, 5.74) is 1.56. The van der Waals surface area contributed by atoms with Crippen molar-refractivity contribution in [2.45, 2.75) is 26.7 Å². The highest BCUT2D eigenvalue weighted by molar-refractivity contribution is 5.94. The lowest BCUT2D eigenvalue weighted by Gasteiger charge is -2.04. The van der Waals surface area contributed by atoms with Gasteiger partial charge in [-0.15, -0.1) is 0 Å². The zero-order valence-corrected chi connectivity index (χ0v) is 8.71. The molecule has 3 nitrogen and oxygen atoms in total. The van der Waals surface area contributed by atoms with Crippen molar-refractivity contribution in [1.29, 1.82) is 0 Å². The zero-order chi connectivity index (χ0) is 10.4. The fraction of sp³-hybridized carbons (Fsp3) is 0.455. The van der Waals surface area contributed by atoms with Gasteiger partial charge in [-0.3, -0.25) is 9.78 Å². The van der Waals surface area contributed by atoms with Crippen molar-refractivity contribution in [3.05, 3.63) is 29.6 Å². The van der Waals surface area contributed by atoms with Crippen molar-refractivity contribution in [3.63, 3.8) is 0 Å². The van der Waals surface area contributed by atoms with Crippen molar-refractivity contribution in [1.82, 2.24) is 10.3 Å². The third-order valence-corrected chi connectivity index (χ3v) is 1.97. The summed E-state index contributed by atoms with van der Waals surface area (Å²) in [7, 11) is 0. The van der Waals surface area contributed by atoms with Crippen LogP contribution >= 0.6 is 0 Å². The molecule has 0 fully saturated rings. The standard InChI is InChI=1S/C11H16N2O/c1-3-4-6-13-11(14)10-5-7-12-9(2)8-10/h5,7-8H,3-4,6H2,1-2H3,(H,13,14). The summed E-state index contributed by atoms with van der Waals surface area (Å²) in [6.07, 6.45) is 3.77. The van der Waals surface area contributed by atoms with Crippen LogP contribution in [0.1, 0.15) is 35.8 Å². The van der Waals surface area contributed by atoms with Gasteiger partial charge in [-0.2, -0.15) is 0 Å². The lowest BCUT2D eigenvalue weighted by molar-refractivity contribution is 0.0953. The number of nitrogens with zero attached hydrogens (tertiary/aromatic N) is 1. The molecule has 76 valence electrons. The van der Waals surface area contributed by atoms with E-state index in [1.807, 2.05) is 6.92 Å². The van der Waals surface area contributed by atoms with Gasteiger partial charge < -0.3 is 5.32 Å². The van der Waals surface area contributed by atoms with Crippen LogP contribution in [0.5, 0.6) is 0 Å². The van der Waals surface area contributed by atoms with Gasteiger partial charge in [0.15, 0.2) is 0 Å². The highest BCUT2D eigenvalue weighted by atomic mass is 16.1. The molecule has 14 heavy (non-hydrogen) atoms. The number of amides is 1. The van der Waals surface area contributed by atoms with Gasteiger partial charge in [-0.25, -0.2) is 0 Å². The van der Waals surface area contributed by atoms with Crippen LogP contribution < -0.4 is 5.32 Å². The van der Waals surface area contributed by atoms with Crippen molar-refractivity contribution < 1.29 is 4.79 Å². The molecule has 0 atom stereocenters. The third-order valence-electron chi connectivity index (χ3n) is 1.97. The summed E-state index contributed by atoms with van der Waals surface area (Å²) in [6.45, 7) is 4.72. The number of unbranched alkanes of at least 4 members (excludes halogenated alkanes) is 1. The minimum atomic E-state index is -0.0102. The zero-order valence-electron chi connectivity index (χ0n) is 8.71. The minimum Gasteiger partial charge on any atom is -0.352 e. The Bertz CT molecular complexity index is 310. The Morgan fingerprint density at radius 1 is 1.57 bits per heavy atom. The summed E-state index contributed by atoms with van der Waals surface area (Å²) in [4.78, 5) is 15.6. The number of nitrogens with one attached hydrogen (secondary N) is 1. The molecule has 0 radical (unpaired) electrons. The first-order valence-electron chi connectivity index (χ1n) is 4.95. The van der Waals surface area contributed by atoms with Gasteiger partial charge in [0.2, 0.25) is 0 Å². The SMILES string of the molecule is CCCCNC(=O)c1ccnc(C)c1. The first-order chi connectivity index (χ1) is 6.74. The van der Waals surface area contributed by atoms with Crippen molar-refractivity contribution in [2.75, 3.05) is 6.54 Å². The molecule has 1 N–H and O–H groups in total. The topological polar surface area (TPSA) is 42.0 Å². The van der Waals surface area contributed by atoms with Crippen LogP contribution in [0.4, 0.5) is 0 Å². The first-order valence-corrected chi connectivity index (χ1v) is 4.95. The predicted octanol–water partition coefficient (Wildman–Crippen LogP) is 1.92. The van der Waals surface area contributed by atoms with E-state index in [2.05, 4.69) is 17.2 Å². The number of aromatic nitrogens is 1. The second-order valence-corrected chi connectivity index (χ2v) is 3.30. The predicted molar refractivity (Wildman–Crippen MR) is 56.2 cm³/mol. The second-order valence-electron chi connectivity index (χ2n) is 3.30. The van der Waals surface area contributed by atoms with E-state index in [0.717, 1.165) is 25.1 Å². The molecule has 1 aromatic heterocycles. The summed E-state index contributed by atoms with van der Waals surface area (Å²) in [6, 6.07) is 3.52. The molecule has 0 aliphatic heterocycles. The first kappa shape index (κ1) is 10.7. The molecule has 0 saturated carbocycles. The van der Waals surface area contributed by atoms with E-state index in [1.54, 1.807) is 18.3 Å². The summed E-state index contributed by atoms with van der Waals surface area (Å²) < 4.78 is 0. The van der Waals surface area contributed by atoms with E-state index >= 15 is 0 Å². The number of pyridine rings is 1. The van der Waals surface area contributed by atoms with Gasteiger partial charge in [0.05, 0.1) is 0 Å². The Balaban J connectivity index is 2.52. The van der Waals surface area contributed by atoms with Crippen LogP contribution in [-0.2, 0) is 0 Å². The highest BCUT2D eigenvalue weighted by Gasteiger charge is 2.03. The maximum absolute atomic E-state index is 11.5. The molecule has 0 aliphatic carbocycles. The number of carbonyl (C=O) groups is 1. The second kappa shape index (κ2) is 5.37. The number of hydrogen-bond donors (Lipinski definition) is 1. The number of hydrogen-bond acceptors (Lipinski definition) is 2. The van der Waals surface area contributed by atoms with E-state index in [9.17, 15) is 4.79 Å². The Kier molecular flexibility index (Phi) is 4.11. The Morgan fingerprint density at radius 3 is 3.00 bits per heavy atom. The maximum atomic E-state index is 11.5. The van der Waals surface area contributed by atoms with E-state index in [0.29, 0.717) is 5.56 Å². The molecular formula is C11H16N2O. The van der Waals surface area contributed by atoms with Crippen LogP contribution in [-0.4, -0.2) is 17.4 Å². The average Bonchev–Trinajstić information content (AvgIpc) is 2.18. The van der Waals surface area contributed by atoms with Gasteiger partial charge >= 0.3 is 0 Å². The molecule has 1 aromatic rings. The third kappa shape index (κ3) is 3.17. The summed E-state index contributed by atoms with van der Waals surface area (Å²) >= 11 is 0. The number of aryl methyl sites for hydroxylation is 1. The van der Waals surface area contributed by atoms with Crippen molar-refractivity contribution >= 4 is 5.91 Å². The normalized spacial score (nSPS) is 9.86. The fourth-order valence-corrected chi connectivity index (χ4v) is 1.17. The van der Waals surface area contributed by atoms with Gasteiger partial charge in [0, 0.05) is 24.0 Å².